The molecular formula is C30H34N8O4. The Hall–Kier alpha value is -4.26. The highest BCUT2D eigenvalue weighted by atomic mass is 16.5. The smallest absolute Gasteiger partial charge is 0.278 e. The van der Waals surface area contributed by atoms with Gasteiger partial charge in [0.05, 0.1) is 43.2 Å². The van der Waals surface area contributed by atoms with Crippen LogP contribution in [-0.4, -0.2) is 85.9 Å². The zero-order chi connectivity index (χ0) is 29.0. The van der Waals surface area contributed by atoms with Crippen molar-refractivity contribution >= 4 is 28.4 Å². The highest BCUT2D eigenvalue weighted by Crippen LogP contribution is 2.38. The van der Waals surface area contributed by atoms with Crippen LogP contribution in [0.5, 0.6) is 5.75 Å². The maximum atomic E-state index is 13.3. The zero-order valence-corrected chi connectivity index (χ0v) is 23.7. The van der Waals surface area contributed by atoms with Crippen LogP contribution in [0.25, 0.3) is 16.9 Å². The number of piperazine rings is 1. The SMILES string of the molecule is C=CCn1c(=O)c2cnc(Nc3ccc4c(c3)OCC3CN(C5COC5)CCN43)nc2n1-c1cccc(C(C)(C)O)n1. The Morgan fingerprint density at radius 2 is 2.00 bits per heavy atom. The fraction of sp³-hybridized carbons (Fsp3) is 0.400. The molecule has 0 bridgehead atoms. The predicted molar refractivity (Wildman–Crippen MR) is 159 cm³/mol. The molecule has 0 radical (unpaired) electrons. The van der Waals surface area contributed by atoms with Crippen molar-refractivity contribution < 1.29 is 14.6 Å². The summed E-state index contributed by atoms with van der Waals surface area (Å²) in [5, 5.41) is 14.2. The third kappa shape index (κ3) is 4.61. The summed E-state index contributed by atoms with van der Waals surface area (Å²) in [6.07, 6.45) is 3.16. The van der Waals surface area contributed by atoms with E-state index in [4.69, 9.17) is 14.5 Å². The van der Waals surface area contributed by atoms with Gasteiger partial charge < -0.3 is 24.8 Å². The van der Waals surface area contributed by atoms with Crippen LogP contribution in [-0.2, 0) is 16.9 Å². The van der Waals surface area contributed by atoms with E-state index in [1.165, 1.54) is 10.9 Å². The first kappa shape index (κ1) is 26.6. The Labute approximate surface area is 242 Å². The monoisotopic (exact) mass is 570 g/mol. The van der Waals surface area contributed by atoms with E-state index in [2.05, 4.69) is 37.7 Å². The minimum absolute atomic E-state index is 0.248. The quantitative estimate of drug-likeness (QED) is 0.320. The van der Waals surface area contributed by atoms with Gasteiger partial charge in [-0.25, -0.2) is 19.3 Å². The molecule has 2 fully saturated rings. The average molecular weight is 571 g/mol. The molecule has 42 heavy (non-hydrogen) atoms. The topological polar surface area (TPSA) is 123 Å². The average Bonchev–Trinajstić information content (AvgIpc) is 3.22. The fourth-order valence-electron chi connectivity index (χ4n) is 5.86. The second-order valence-electron chi connectivity index (χ2n) is 11.5. The first-order chi connectivity index (χ1) is 20.3. The van der Waals surface area contributed by atoms with Crippen LogP contribution < -0.4 is 20.5 Å². The normalized spacial score (nSPS) is 19.1. The number of aliphatic hydroxyl groups is 1. The van der Waals surface area contributed by atoms with E-state index in [1.54, 1.807) is 42.8 Å². The van der Waals surface area contributed by atoms with Crippen molar-refractivity contribution in [2.45, 2.75) is 38.1 Å². The molecular weight excluding hydrogens is 536 g/mol. The number of nitrogens with one attached hydrogen (secondary N) is 1. The number of anilines is 3. The van der Waals surface area contributed by atoms with Crippen molar-refractivity contribution in [2.24, 2.45) is 0 Å². The first-order valence-corrected chi connectivity index (χ1v) is 14.2. The molecule has 12 nitrogen and oxygen atoms in total. The highest BCUT2D eigenvalue weighted by Gasteiger charge is 2.37. The highest BCUT2D eigenvalue weighted by molar-refractivity contribution is 5.77. The molecule has 0 aliphatic carbocycles. The van der Waals surface area contributed by atoms with E-state index in [-0.39, 0.29) is 12.1 Å². The van der Waals surface area contributed by atoms with Gasteiger partial charge >= 0.3 is 0 Å². The number of hydrogen-bond acceptors (Lipinski definition) is 10. The summed E-state index contributed by atoms with van der Waals surface area (Å²) in [5.74, 6) is 1.60. The molecule has 1 atom stereocenters. The maximum absolute atomic E-state index is 13.3. The standard InChI is InChI=1S/C30H34N8O4/c1-4-10-37-28(39)22-14-31-29(34-27(22)38(37)26-7-5-6-25(33-26)30(2,3)40)32-19-8-9-23-24(13-19)42-18-20-15-35(11-12-36(20)23)21-16-41-17-21/h4-9,13-14,20-21,40H,1,10-12,15-18H2,2-3H3,(H,31,32,34). The van der Waals surface area contributed by atoms with Crippen LogP contribution in [0.4, 0.5) is 17.3 Å². The summed E-state index contributed by atoms with van der Waals surface area (Å²) in [6, 6.07) is 12.2. The lowest BCUT2D eigenvalue weighted by Crippen LogP contribution is -2.62. The van der Waals surface area contributed by atoms with E-state index in [9.17, 15) is 9.90 Å². The van der Waals surface area contributed by atoms with Crippen molar-refractivity contribution in [1.82, 2.24) is 29.2 Å². The van der Waals surface area contributed by atoms with Gasteiger partial charge in [0.15, 0.2) is 11.5 Å². The minimum Gasteiger partial charge on any atom is -0.489 e. The number of ether oxygens (including phenoxy) is 2. The Bertz CT molecular complexity index is 1720. The van der Waals surface area contributed by atoms with E-state index in [0.29, 0.717) is 47.2 Å². The lowest BCUT2D eigenvalue weighted by atomic mass is 10.1. The molecule has 4 aromatic rings. The molecule has 2 N–H and O–H groups in total. The lowest BCUT2D eigenvalue weighted by Gasteiger charge is -2.49. The minimum atomic E-state index is -1.15. The zero-order valence-electron chi connectivity index (χ0n) is 23.7. The Kier molecular flexibility index (Phi) is 6.48. The van der Waals surface area contributed by atoms with Crippen LogP contribution >= 0.6 is 0 Å². The third-order valence-electron chi connectivity index (χ3n) is 8.16. The number of pyridine rings is 1. The predicted octanol–water partition coefficient (Wildman–Crippen LogP) is 2.42. The van der Waals surface area contributed by atoms with Crippen LogP contribution in [0.2, 0.25) is 0 Å². The molecule has 0 spiro atoms. The number of nitrogens with zero attached hydrogens (tertiary/aromatic N) is 7. The molecule has 3 aliphatic heterocycles. The molecule has 2 saturated heterocycles. The molecule has 0 amide bonds. The van der Waals surface area contributed by atoms with Gasteiger partial charge in [-0.1, -0.05) is 12.1 Å². The molecule has 218 valence electrons. The van der Waals surface area contributed by atoms with Crippen molar-refractivity contribution in [3.8, 4) is 11.6 Å². The molecule has 3 aliphatic rings. The summed E-state index contributed by atoms with van der Waals surface area (Å²) in [7, 11) is 0. The fourth-order valence-corrected chi connectivity index (χ4v) is 5.86. The lowest BCUT2D eigenvalue weighted by molar-refractivity contribution is -0.0715. The summed E-state index contributed by atoms with van der Waals surface area (Å²) in [5.41, 5.74) is 1.32. The van der Waals surface area contributed by atoms with Crippen molar-refractivity contribution in [3.63, 3.8) is 0 Å². The number of benzene rings is 1. The number of hydrogen-bond donors (Lipinski definition) is 2. The summed E-state index contributed by atoms with van der Waals surface area (Å²) < 4.78 is 14.8. The van der Waals surface area contributed by atoms with Crippen LogP contribution in [0.3, 0.4) is 0 Å². The summed E-state index contributed by atoms with van der Waals surface area (Å²) in [4.78, 5) is 32.1. The van der Waals surface area contributed by atoms with E-state index >= 15 is 0 Å². The second kappa shape index (κ2) is 10.2. The van der Waals surface area contributed by atoms with Crippen molar-refractivity contribution in [3.05, 3.63) is 71.3 Å². The Balaban J connectivity index is 1.19. The maximum Gasteiger partial charge on any atom is 0.278 e. The number of aromatic nitrogens is 5. The largest absolute Gasteiger partial charge is 0.489 e. The Morgan fingerprint density at radius 3 is 2.76 bits per heavy atom. The van der Waals surface area contributed by atoms with Gasteiger partial charge in [-0.3, -0.25) is 9.69 Å². The third-order valence-corrected chi connectivity index (χ3v) is 8.16. The van der Waals surface area contributed by atoms with Crippen LogP contribution in [0, 0.1) is 0 Å². The number of rotatable bonds is 7. The molecule has 1 unspecified atom stereocenters. The van der Waals surface area contributed by atoms with E-state index < -0.39 is 5.60 Å². The number of allylic oxidation sites excluding steroid dienone is 1. The summed E-state index contributed by atoms with van der Waals surface area (Å²) in [6.45, 7) is 12.6. The van der Waals surface area contributed by atoms with Crippen molar-refractivity contribution in [2.75, 3.05) is 49.7 Å². The molecule has 7 rings (SSSR count). The van der Waals surface area contributed by atoms with Gasteiger partial charge in [0, 0.05) is 37.6 Å². The van der Waals surface area contributed by atoms with Gasteiger partial charge in [0.25, 0.3) is 5.56 Å². The first-order valence-electron chi connectivity index (χ1n) is 14.2. The number of fused-ring (bicyclic) bond motifs is 4. The van der Waals surface area contributed by atoms with Crippen LogP contribution in [0.15, 0.2) is 60.0 Å². The van der Waals surface area contributed by atoms with Gasteiger partial charge in [-0.15, -0.1) is 6.58 Å². The van der Waals surface area contributed by atoms with Gasteiger partial charge in [-0.05, 0) is 38.1 Å². The van der Waals surface area contributed by atoms with Gasteiger partial charge in [0.1, 0.15) is 23.3 Å². The second-order valence-corrected chi connectivity index (χ2v) is 11.5. The Morgan fingerprint density at radius 1 is 1.14 bits per heavy atom. The molecule has 3 aromatic heterocycles. The summed E-state index contributed by atoms with van der Waals surface area (Å²) >= 11 is 0. The van der Waals surface area contributed by atoms with E-state index in [0.717, 1.165) is 50.0 Å². The van der Waals surface area contributed by atoms with Gasteiger partial charge in [0.2, 0.25) is 5.95 Å². The molecule has 0 saturated carbocycles. The molecule has 6 heterocycles. The molecule has 1 aromatic carbocycles. The van der Waals surface area contributed by atoms with E-state index in [1.807, 2.05) is 12.1 Å². The molecule has 12 heteroatoms. The van der Waals surface area contributed by atoms with Gasteiger partial charge in [-0.2, -0.15) is 4.98 Å². The van der Waals surface area contributed by atoms with Crippen molar-refractivity contribution in [1.29, 1.82) is 0 Å². The van der Waals surface area contributed by atoms with Crippen LogP contribution in [0.1, 0.15) is 19.5 Å².